The number of nitrogens with one attached hydrogen (secondary N) is 1. The minimum absolute atomic E-state index is 0.0280. The van der Waals surface area contributed by atoms with E-state index in [1.165, 1.54) is 35.5 Å². The maximum absolute atomic E-state index is 15.4. The molecule has 2 atom stereocenters. The van der Waals surface area contributed by atoms with Crippen LogP contribution in [0.2, 0.25) is 0 Å². The molecule has 1 aliphatic heterocycles. The highest BCUT2D eigenvalue weighted by atomic mass is 79.9. The topological polar surface area (TPSA) is 85.1 Å². The molecular weight excluding hydrogens is 608 g/mol. The zero-order chi connectivity index (χ0) is 29.8. The van der Waals surface area contributed by atoms with Crippen molar-refractivity contribution in [3.8, 4) is 5.69 Å². The van der Waals surface area contributed by atoms with Gasteiger partial charge in [0.25, 0.3) is 11.5 Å². The molecule has 2 aromatic carbocycles. The second-order valence-electron chi connectivity index (χ2n) is 10.00. The van der Waals surface area contributed by atoms with Crippen molar-refractivity contribution in [3.05, 3.63) is 92.3 Å². The molecule has 3 heterocycles. The summed E-state index contributed by atoms with van der Waals surface area (Å²) in [7, 11) is 1.73. The lowest BCUT2D eigenvalue weighted by atomic mass is 9.98. The van der Waals surface area contributed by atoms with Gasteiger partial charge in [0.05, 0.1) is 40.9 Å². The second-order valence-corrected chi connectivity index (χ2v) is 10.9. The summed E-state index contributed by atoms with van der Waals surface area (Å²) < 4.78 is 58.5. The summed E-state index contributed by atoms with van der Waals surface area (Å²) in [5.41, 5.74) is -0.104. The maximum atomic E-state index is 15.4. The molecule has 0 fully saturated rings. The van der Waals surface area contributed by atoms with Gasteiger partial charge in [-0.1, -0.05) is 22.0 Å². The summed E-state index contributed by atoms with van der Waals surface area (Å²) in [6, 6.07) is 5.14. The number of halogens is 5. The Morgan fingerprint density at radius 3 is 2.68 bits per heavy atom. The van der Waals surface area contributed by atoms with Crippen LogP contribution < -0.4 is 10.9 Å². The van der Waals surface area contributed by atoms with Gasteiger partial charge in [0, 0.05) is 40.8 Å². The third kappa shape index (κ3) is 5.14. The molecule has 1 amide bonds. The number of aryl methyl sites for hydroxylation is 1. The van der Waals surface area contributed by atoms with Crippen LogP contribution in [0.1, 0.15) is 41.0 Å². The zero-order valence-corrected chi connectivity index (χ0v) is 23.8. The predicted molar refractivity (Wildman–Crippen MR) is 150 cm³/mol. The normalized spacial score (nSPS) is 16.0. The van der Waals surface area contributed by atoms with Crippen LogP contribution in [0.5, 0.6) is 0 Å². The molecule has 214 valence electrons. The molecule has 13 heteroatoms. The minimum atomic E-state index is -4.65. The molecular formula is C28H25BrF4N6O2. The van der Waals surface area contributed by atoms with E-state index in [1.54, 1.807) is 31.5 Å². The lowest BCUT2D eigenvalue weighted by molar-refractivity contribution is -0.138. The fourth-order valence-electron chi connectivity index (χ4n) is 4.86. The van der Waals surface area contributed by atoms with Crippen molar-refractivity contribution >= 4 is 38.8 Å². The van der Waals surface area contributed by atoms with Gasteiger partial charge >= 0.3 is 6.18 Å². The molecule has 8 nitrogen and oxygen atoms in total. The van der Waals surface area contributed by atoms with E-state index in [9.17, 15) is 22.8 Å². The van der Waals surface area contributed by atoms with Gasteiger partial charge in [-0.05, 0) is 44.5 Å². The van der Waals surface area contributed by atoms with Crippen molar-refractivity contribution in [3.63, 3.8) is 0 Å². The smallest absolute Gasteiger partial charge is 0.349 e. The molecule has 2 unspecified atom stereocenters. The molecule has 0 bridgehead atoms. The SMILES string of the molecule is C=CC(C)Nc1nc2c(c(=O)n1-c1cc3ncn(C)c3cc1F)CC(C)N(C(=O)c1ccc(Br)c(C(F)(F)F)c1)C2. The Kier molecular flexibility index (Phi) is 7.26. The van der Waals surface area contributed by atoms with E-state index in [-0.39, 0.29) is 51.9 Å². The van der Waals surface area contributed by atoms with E-state index < -0.39 is 35.1 Å². The first-order chi connectivity index (χ1) is 19.3. The predicted octanol–water partition coefficient (Wildman–Crippen LogP) is 5.61. The van der Waals surface area contributed by atoms with Gasteiger partial charge in [-0.25, -0.2) is 18.9 Å². The highest BCUT2D eigenvalue weighted by molar-refractivity contribution is 9.10. The van der Waals surface area contributed by atoms with Crippen LogP contribution in [0.3, 0.4) is 0 Å². The first kappa shape index (κ1) is 28.5. The fraction of sp³-hybridized carbons (Fsp3) is 0.286. The number of hydrogen-bond acceptors (Lipinski definition) is 5. The zero-order valence-electron chi connectivity index (χ0n) is 22.3. The fourth-order valence-corrected chi connectivity index (χ4v) is 5.33. The third-order valence-corrected chi connectivity index (χ3v) is 7.83. The van der Waals surface area contributed by atoms with Crippen LogP contribution >= 0.6 is 15.9 Å². The minimum Gasteiger partial charge on any atom is -0.349 e. The first-order valence-electron chi connectivity index (χ1n) is 12.6. The standard InChI is InChI=1S/C28H25BrF4N6O2/c1-5-14(2)35-27-36-22-12-38(25(40)16-6-7-19(29)18(9-16)28(31,32)33)15(3)8-17(22)26(41)39(27)23-11-21-24(10-20(23)30)37(4)13-34-21/h5-7,9-11,13-15H,1,8,12H2,2-4H3,(H,35,36). The second kappa shape index (κ2) is 10.4. The molecule has 0 saturated heterocycles. The molecule has 0 spiro atoms. The number of amides is 1. The molecule has 0 radical (unpaired) electrons. The summed E-state index contributed by atoms with van der Waals surface area (Å²) in [5, 5.41) is 3.06. The van der Waals surface area contributed by atoms with E-state index in [2.05, 4.69) is 37.8 Å². The number of aromatic nitrogens is 4. The number of fused-ring (bicyclic) bond motifs is 2. The van der Waals surface area contributed by atoms with Crippen molar-refractivity contribution < 1.29 is 22.4 Å². The Morgan fingerprint density at radius 1 is 1.27 bits per heavy atom. The summed E-state index contributed by atoms with van der Waals surface area (Å²) in [5.74, 6) is -1.26. The number of nitrogens with zero attached hydrogens (tertiary/aromatic N) is 5. The molecule has 4 aromatic rings. The number of carbonyl (C=O) groups excluding carboxylic acids is 1. The van der Waals surface area contributed by atoms with Gasteiger partial charge in [-0.3, -0.25) is 9.59 Å². The van der Waals surface area contributed by atoms with Gasteiger partial charge in [0.2, 0.25) is 5.95 Å². The average molecular weight is 633 g/mol. The Morgan fingerprint density at radius 2 is 2.00 bits per heavy atom. The molecule has 1 aliphatic rings. The molecule has 41 heavy (non-hydrogen) atoms. The van der Waals surface area contributed by atoms with Crippen LogP contribution in [-0.4, -0.2) is 42.0 Å². The van der Waals surface area contributed by atoms with E-state index in [0.717, 1.165) is 10.6 Å². The van der Waals surface area contributed by atoms with E-state index in [4.69, 9.17) is 0 Å². The lowest BCUT2D eigenvalue weighted by Crippen LogP contribution is -2.46. The Hall–Kier alpha value is -4.00. The summed E-state index contributed by atoms with van der Waals surface area (Å²) in [6.45, 7) is 7.08. The summed E-state index contributed by atoms with van der Waals surface area (Å²) in [6.07, 6.45) is -1.47. The quantitative estimate of drug-likeness (QED) is 0.228. The van der Waals surface area contributed by atoms with E-state index in [1.807, 2.05) is 0 Å². The highest BCUT2D eigenvalue weighted by Gasteiger charge is 2.36. The number of imidazole rings is 1. The van der Waals surface area contributed by atoms with Crippen LogP contribution in [0.4, 0.5) is 23.5 Å². The number of anilines is 1. The van der Waals surface area contributed by atoms with Gasteiger partial charge in [0.15, 0.2) is 0 Å². The van der Waals surface area contributed by atoms with Gasteiger partial charge in [-0.15, -0.1) is 6.58 Å². The number of carbonyl (C=O) groups is 1. The molecule has 0 saturated carbocycles. The Labute approximate surface area is 240 Å². The Balaban J connectivity index is 1.61. The molecule has 2 aromatic heterocycles. The van der Waals surface area contributed by atoms with Crippen molar-refractivity contribution in [2.45, 2.75) is 45.1 Å². The van der Waals surface area contributed by atoms with E-state index in [0.29, 0.717) is 11.0 Å². The largest absolute Gasteiger partial charge is 0.417 e. The van der Waals surface area contributed by atoms with Crippen molar-refractivity contribution in [1.82, 2.24) is 24.0 Å². The van der Waals surface area contributed by atoms with Crippen LogP contribution in [0, 0.1) is 5.82 Å². The third-order valence-electron chi connectivity index (χ3n) is 7.14. The maximum Gasteiger partial charge on any atom is 0.417 e. The number of benzene rings is 2. The first-order valence-corrected chi connectivity index (χ1v) is 13.4. The average Bonchev–Trinajstić information content (AvgIpc) is 3.27. The van der Waals surface area contributed by atoms with Crippen molar-refractivity contribution in [1.29, 1.82) is 0 Å². The molecule has 0 aliphatic carbocycles. The summed E-state index contributed by atoms with van der Waals surface area (Å²) >= 11 is 2.89. The van der Waals surface area contributed by atoms with Crippen LogP contribution in [0.25, 0.3) is 16.7 Å². The number of rotatable bonds is 5. The monoisotopic (exact) mass is 632 g/mol. The number of hydrogen-bond donors (Lipinski definition) is 1. The Bertz CT molecular complexity index is 1760. The summed E-state index contributed by atoms with van der Waals surface area (Å²) in [4.78, 5) is 37.6. The van der Waals surface area contributed by atoms with Gasteiger partial charge in [-0.2, -0.15) is 13.2 Å². The van der Waals surface area contributed by atoms with Crippen LogP contribution in [0.15, 0.2) is 58.6 Å². The van der Waals surface area contributed by atoms with E-state index >= 15 is 4.39 Å². The lowest BCUT2D eigenvalue weighted by Gasteiger charge is -2.35. The number of alkyl halides is 3. The van der Waals surface area contributed by atoms with Gasteiger partial charge in [0.1, 0.15) is 5.82 Å². The van der Waals surface area contributed by atoms with Crippen LogP contribution in [-0.2, 0) is 26.2 Å². The molecule has 5 rings (SSSR count). The molecule has 1 N–H and O–H groups in total. The highest BCUT2D eigenvalue weighted by Crippen LogP contribution is 2.36. The van der Waals surface area contributed by atoms with Gasteiger partial charge < -0.3 is 14.8 Å². The van der Waals surface area contributed by atoms with Crippen molar-refractivity contribution in [2.24, 2.45) is 7.05 Å². The van der Waals surface area contributed by atoms with Crippen molar-refractivity contribution in [2.75, 3.05) is 5.32 Å².